The highest BCUT2D eigenvalue weighted by Crippen LogP contribution is 2.56. The number of carbonyl (C=O) groups is 4. The number of piperidine rings is 2. The first kappa shape index (κ1) is 57.3. The van der Waals surface area contributed by atoms with Crippen molar-refractivity contribution in [2.24, 2.45) is 10.8 Å². The molecule has 2 fully saturated rings. The zero-order valence-corrected chi connectivity index (χ0v) is 49.9. The lowest BCUT2D eigenvalue weighted by molar-refractivity contribution is -0.130. The number of rotatable bonds is 15. The first-order chi connectivity index (χ1) is 40.1. The van der Waals surface area contributed by atoms with Crippen LogP contribution in [0, 0.1) is 10.8 Å². The van der Waals surface area contributed by atoms with Crippen molar-refractivity contribution in [2.45, 2.75) is 70.1 Å². The average Bonchev–Trinajstić information content (AvgIpc) is 4.08. The fraction of sp³-hybridized carbons (Fsp3) is 0.254. The number of anilines is 4. The lowest BCUT2D eigenvalue weighted by Crippen LogP contribution is -2.63. The van der Waals surface area contributed by atoms with Gasteiger partial charge in [0, 0.05) is 62.3 Å². The van der Waals surface area contributed by atoms with Crippen molar-refractivity contribution < 1.29 is 28.7 Å². The maximum atomic E-state index is 13.9. The summed E-state index contributed by atoms with van der Waals surface area (Å²) in [6, 6.07) is 40.9. The van der Waals surface area contributed by atoms with Crippen LogP contribution in [0.25, 0.3) is 22.5 Å². The topological polar surface area (TPSA) is 197 Å². The number of halogens is 2. The van der Waals surface area contributed by atoms with Gasteiger partial charge in [0.15, 0.2) is 10.3 Å². The minimum absolute atomic E-state index is 0.0154. The van der Waals surface area contributed by atoms with Crippen LogP contribution in [0.3, 0.4) is 0 Å². The van der Waals surface area contributed by atoms with Crippen LogP contribution in [-0.4, -0.2) is 65.5 Å². The summed E-state index contributed by atoms with van der Waals surface area (Å²) in [6.07, 6.45) is 2.57. The van der Waals surface area contributed by atoms with Gasteiger partial charge in [0.2, 0.25) is 11.8 Å². The summed E-state index contributed by atoms with van der Waals surface area (Å²) in [5, 5.41) is 28.3. The van der Waals surface area contributed by atoms with E-state index in [1.54, 1.807) is 66.7 Å². The molecule has 0 radical (unpaired) electrons. The van der Waals surface area contributed by atoms with Crippen LogP contribution in [0.2, 0.25) is 10.0 Å². The van der Waals surface area contributed by atoms with Gasteiger partial charge in [0.25, 0.3) is 11.8 Å². The second-order valence-corrected chi connectivity index (χ2v) is 24.4. The highest BCUT2D eigenvalue weighted by Gasteiger charge is 2.56. The Morgan fingerprint density at radius 2 is 1.12 bits per heavy atom. The quantitative estimate of drug-likeness (QED) is 0.0481. The van der Waals surface area contributed by atoms with E-state index in [0.29, 0.717) is 72.1 Å². The number of hydrogen-bond acceptors (Lipinski definition) is 13. The number of fused-ring (bicyclic) bond motifs is 4. The fourth-order valence-electron chi connectivity index (χ4n) is 11.7. The molecule has 20 heteroatoms. The van der Waals surface area contributed by atoms with E-state index in [1.165, 1.54) is 53.6 Å². The van der Waals surface area contributed by atoms with Crippen molar-refractivity contribution in [3.05, 3.63) is 188 Å². The fourth-order valence-corrected chi connectivity index (χ4v) is 14.0. The van der Waals surface area contributed by atoms with Gasteiger partial charge in [0.05, 0.1) is 63.7 Å². The van der Waals surface area contributed by atoms with Crippen molar-refractivity contribution in [1.29, 1.82) is 0 Å². The Kier molecular flexibility index (Phi) is 16.5. The molecule has 7 N–H and O–H groups in total. The number of thiazole rings is 2. The van der Waals surface area contributed by atoms with Gasteiger partial charge in [-0.05, 0) is 123 Å². The second-order valence-electron chi connectivity index (χ2n) is 21.4. The number of aromatic nitrogens is 2. The van der Waals surface area contributed by atoms with Crippen molar-refractivity contribution in [2.75, 3.05) is 42.0 Å². The van der Waals surface area contributed by atoms with Crippen molar-refractivity contribution in [1.82, 2.24) is 25.9 Å². The number of benzene rings is 6. The molecule has 0 saturated carbocycles. The van der Waals surface area contributed by atoms with E-state index in [1.807, 2.05) is 61.0 Å². The summed E-state index contributed by atoms with van der Waals surface area (Å²) < 4.78 is 10.3. The normalized spacial score (nSPS) is 21.5. The molecule has 8 aromatic rings. The van der Waals surface area contributed by atoms with Crippen molar-refractivity contribution >= 4 is 108 Å². The van der Waals surface area contributed by atoms with Crippen molar-refractivity contribution in [3.63, 3.8) is 0 Å². The van der Waals surface area contributed by atoms with E-state index in [9.17, 15) is 19.2 Å². The van der Waals surface area contributed by atoms with Crippen molar-refractivity contribution in [3.8, 4) is 34.0 Å². The monoisotopic (exact) mass is 1200 g/mol. The second kappa shape index (κ2) is 24.0. The number of methoxy groups -OCH3 is 2. The molecule has 4 aliphatic heterocycles. The van der Waals surface area contributed by atoms with Crippen LogP contribution in [0.4, 0.5) is 21.6 Å². The minimum atomic E-state index is -0.685. The van der Waals surface area contributed by atoms with E-state index in [0.717, 1.165) is 41.1 Å². The number of nitrogens with one attached hydrogen (secondary N) is 7. The molecule has 14 rings (SSSR count). The van der Waals surface area contributed by atoms with Gasteiger partial charge in [-0.1, -0.05) is 115 Å². The number of carbonyl (C=O) groups excluding carboxylic acids is 4. The molecule has 2 saturated heterocycles. The van der Waals surface area contributed by atoms with Crippen LogP contribution in [-0.2, 0) is 9.59 Å². The molecule has 424 valence electrons. The van der Waals surface area contributed by atoms with Gasteiger partial charge in [0.1, 0.15) is 11.5 Å². The van der Waals surface area contributed by atoms with Gasteiger partial charge in [-0.3, -0.25) is 24.5 Å². The maximum Gasteiger partial charge on any atom is 0.255 e. The van der Waals surface area contributed by atoms with E-state index < -0.39 is 10.8 Å². The Morgan fingerprint density at radius 1 is 0.627 bits per heavy atom. The molecule has 7 unspecified atom stereocenters. The lowest BCUT2D eigenvalue weighted by atomic mass is 9.60. The number of thiocarbonyl (C=S) groups is 1. The SMILES string of the molecule is CCCNC1NC2c3ccccc3C1CC2(C)C(=O)Nc1nc(-c2cccc(C(=O)Nc3ccc(OC)c(Cl)c3)c2)cs1.COc1ccc(NC(=O)c2cccc(-c3csc(NC(=O)C4(C)CC5C(=S)NC4c4ccccc45)n3)c2)cc1Cl. The molecule has 6 aromatic carbocycles. The summed E-state index contributed by atoms with van der Waals surface area (Å²) >= 11 is 20.7. The number of ether oxygens (including phenoxy) is 2. The number of hydrogen-bond donors (Lipinski definition) is 7. The molecular weight excluding hydrogens is 1150 g/mol. The molecular formula is C63H59Cl2N9O6S3. The van der Waals surface area contributed by atoms with E-state index in [-0.39, 0.29) is 53.7 Å². The predicted molar refractivity (Wildman–Crippen MR) is 335 cm³/mol. The van der Waals surface area contributed by atoms with Gasteiger partial charge >= 0.3 is 0 Å². The Hall–Kier alpha value is -7.55. The third-order valence-electron chi connectivity index (χ3n) is 16.0. The Bertz CT molecular complexity index is 3840. The van der Waals surface area contributed by atoms with Crippen LogP contribution in [0.5, 0.6) is 11.5 Å². The Morgan fingerprint density at radius 3 is 1.63 bits per heavy atom. The number of amides is 4. The predicted octanol–water partition coefficient (Wildman–Crippen LogP) is 13.7. The zero-order valence-electron chi connectivity index (χ0n) is 45.9. The standard InChI is InChI=1S/C33H34ClN5O3S.C30H25ClN4O3S2/c1-4-14-35-29-24-17-33(2,28(38-29)23-11-6-5-10-22(23)24)31(41)39-32-37-26(18-43-32)19-8-7-9-20(15-19)30(40)36-21-12-13-27(42-3)25(34)16-21;1-30(14-21-19-8-3-4-9-20(19)25(30)34-27(21)39)28(37)35-29-33-23(15-40-29)16-6-5-7-17(12-16)26(36)32-18-10-11-24(38-2)22(31)13-18/h5-13,15-16,18,24,28-29,35,38H,4,14,17H2,1-3H3,(H,36,40)(H,37,39,41);3-13,15,21,25H,14H2,1-2H3,(H,32,36)(H,34,39)(H,33,35,37). The van der Waals surface area contributed by atoms with Gasteiger partial charge in [-0.2, -0.15) is 0 Å². The van der Waals surface area contributed by atoms with Crippen LogP contribution in [0.15, 0.2) is 144 Å². The Balaban J connectivity index is 0.000000174. The molecule has 15 nitrogen and oxygen atoms in total. The summed E-state index contributed by atoms with van der Waals surface area (Å²) in [4.78, 5) is 63.6. The highest BCUT2D eigenvalue weighted by molar-refractivity contribution is 7.80. The van der Waals surface area contributed by atoms with Crippen LogP contribution < -0.4 is 46.7 Å². The van der Waals surface area contributed by atoms with Gasteiger partial charge < -0.3 is 41.4 Å². The molecule has 83 heavy (non-hydrogen) atoms. The average molecular weight is 1210 g/mol. The number of nitrogens with zero attached hydrogens (tertiary/aromatic N) is 2. The van der Waals surface area contributed by atoms with Crippen LogP contribution in [0.1, 0.15) is 107 Å². The molecule has 7 atom stereocenters. The van der Waals surface area contributed by atoms with E-state index >= 15 is 0 Å². The zero-order chi connectivity index (χ0) is 58.2. The van der Waals surface area contributed by atoms with E-state index in [4.69, 9.17) is 49.9 Å². The molecule has 6 aliphatic rings. The molecule has 0 spiro atoms. The highest BCUT2D eigenvalue weighted by atomic mass is 35.5. The summed E-state index contributed by atoms with van der Waals surface area (Å²) in [7, 11) is 3.07. The molecule has 4 amide bonds. The minimum Gasteiger partial charge on any atom is -0.495 e. The van der Waals surface area contributed by atoms with Gasteiger partial charge in [-0.15, -0.1) is 22.7 Å². The Labute approximate surface area is 504 Å². The first-order valence-electron chi connectivity index (χ1n) is 27.1. The van der Waals surface area contributed by atoms with Gasteiger partial charge in [-0.25, -0.2) is 9.97 Å². The third kappa shape index (κ3) is 11.5. The maximum absolute atomic E-state index is 13.9. The summed E-state index contributed by atoms with van der Waals surface area (Å²) in [5.74, 6) is 0.573. The molecule has 6 heterocycles. The molecule has 2 aliphatic carbocycles. The first-order valence-corrected chi connectivity index (χ1v) is 30.0. The molecule has 4 bridgehead atoms. The molecule has 2 aromatic heterocycles. The largest absolute Gasteiger partial charge is 0.495 e. The third-order valence-corrected chi connectivity index (χ3v) is 18.6. The lowest BCUT2D eigenvalue weighted by Gasteiger charge is -2.54. The summed E-state index contributed by atoms with van der Waals surface area (Å²) in [6.45, 7) is 7.11. The summed E-state index contributed by atoms with van der Waals surface area (Å²) in [5.41, 5.74) is 8.48. The van der Waals surface area contributed by atoms with E-state index in [2.05, 4.69) is 79.5 Å². The van der Waals surface area contributed by atoms with Crippen LogP contribution >= 0.6 is 58.1 Å². The smallest absolute Gasteiger partial charge is 0.255 e.